The SMILES string of the molecule is Cc1cccc(C(=O)N(C)c2ccoc2)c1. The number of hydrogen-bond donors (Lipinski definition) is 0. The summed E-state index contributed by atoms with van der Waals surface area (Å²) >= 11 is 0. The third-order valence-corrected chi connectivity index (χ3v) is 2.46. The molecule has 0 saturated heterocycles. The minimum atomic E-state index is -0.0369. The van der Waals surface area contributed by atoms with Crippen LogP contribution in [0.3, 0.4) is 0 Å². The molecule has 2 aromatic rings. The third-order valence-electron chi connectivity index (χ3n) is 2.46. The minimum absolute atomic E-state index is 0.0369. The van der Waals surface area contributed by atoms with Crippen molar-refractivity contribution in [3.05, 3.63) is 54.0 Å². The number of anilines is 1. The molecular weight excluding hydrogens is 202 g/mol. The fraction of sp³-hybridized carbons (Fsp3) is 0.154. The lowest BCUT2D eigenvalue weighted by molar-refractivity contribution is 0.0993. The zero-order valence-electron chi connectivity index (χ0n) is 9.31. The lowest BCUT2D eigenvalue weighted by Gasteiger charge is -2.14. The molecule has 0 bridgehead atoms. The molecule has 3 heteroatoms. The zero-order valence-corrected chi connectivity index (χ0v) is 9.31. The first-order valence-corrected chi connectivity index (χ1v) is 5.05. The molecule has 82 valence electrons. The molecule has 0 atom stereocenters. The quantitative estimate of drug-likeness (QED) is 0.771. The molecule has 0 spiro atoms. The molecule has 0 unspecified atom stereocenters. The van der Waals surface area contributed by atoms with E-state index in [0.717, 1.165) is 11.3 Å². The van der Waals surface area contributed by atoms with E-state index in [0.29, 0.717) is 5.56 Å². The number of carbonyl (C=O) groups excluding carboxylic acids is 1. The lowest BCUT2D eigenvalue weighted by Crippen LogP contribution is -2.25. The number of rotatable bonds is 2. The fourth-order valence-corrected chi connectivity index (χ4v) is 1.54. The van der Waals surface area contributed by atoms with E-state index in [1.165, 1.54) is 0 Å². The molecule has 0 aliphatic carbocycles. The molecule has 1 heterocycles. The van der Waals surface area contributed by atoms with Gasteiger partial charge in [0.15, 0.2) is 0 Å². The molecular formula is C13H13NO2. The molecule has 0 aliphatic rings. The summed E-state index contributed by atoms with van der Waals surface area (Å²) in [5.74, 6) is -0.0369. The average Bonchev–Trinajstić information content (AvgIpc) is 2.80. The highest BCUT2D eigenvalue weighted by Crippen LogP contribution is 2.16. The predicted molar refractivity (Wildman–Crippen MR) is 62.6 cm³/mol. The van der Waals surface area contributed by atoms with Crippen LogP contribution in [0.1, 0.15) is 15.9 Å². The van der Waals surface area contributed by atoms with Gasteiger partial charge in [-0.25, -0.2) is 0 Å². The summed E-state index contributed by atoms with van der Waals surface area (Å²) in [4.78, 5) is 13.6. The predicted octanol–water partition coefficient (Wildman–Crippen LogP) is 2.86. The highest BCUT2D eigenvalue weighted by molar-refractivity contribution is 6.05. The van der Waals surface area contributed by atoms with E-state index in [1.807, 2.05) is 31.2 Å². The molecule has 1 amide bonds. The van der Waals surface area contributed by atoms with Gasteiger partial charge in [-0.3, -0.25) is 4.79 Å². The summed E-state index contributed by atoms with van der Waals surface area (Å²) in [6.07, 6.45) is 3.10. The van der Waals surface area contributed by atoms with Gasteiger partial charge >= 0.3 is 0 Å². The van der Waals surface area contributed by atoms with Crippen LogP contribution in [0.4, 0.5) is 5.69 Å². The first-order valence-electron chi connectivity index (χ1n) is 5.05. The Morgan fingerprint density at radius 2 is 2.12 bits per heavy atom. The van der Waals surface area contributed by atoms with Crippen molar-refractivity contribution in [3.63, 3.8) is 0 Å². The topological polar surface area (TPSA) is 33.5 Å². The van der Waals surface area contributed by atoms with Crippen LogP contribution in [0.2, 0.25) is 0 Å². The Morgan fingerprint density at radius 1 is 1.31 bits per heavy atom. The number of nitrogens with zero attached hydrogens (tertiary/aromatic N) is 1. The molecule has 0 radical (unpaired) electrons. The summed E-state index contributed by atoms with van der Waals surface area (Å²) in [7, 11) is 1.73. The number of amides is 1. The van der Waals surface area contributed by atoms with Crippen LogP contribution in [0.5, 0.6) is 0 Å². The van der Waals surface area contributed by atoms with Crippen LogP contribution in [0.15, 0.2) is 47.3 Å². The van der Waals surface area contributed by atoms with Crippen molar-refractivity contribution in [3.8, 4) is 0 Å². The van der Waals surface area contributed by atoms with E-state index >= 15 is 0 Å². The first-order chi connectivity index (χ1) is 7.68. The van der Waals surface area contributed by atoms with Crippen molar-refractivity contribution in [2.45, 2.75) is 6.92 Å². The molecule has 0 fully saturated rings. The summed E-state index contributed by atoms with van der Waals surface area (Å²) in [5, 5.41) is 0. The Bertz CT molecular complexity index is 488. The summed E-state index contributed by atoms with van der Waals surface area (Å²) in [6.45, 7) is 1.97. The summed E-state index contributed by atoms with van der Waals surface area (Å²) in [6, 6.07) is 9.29. The first kappa shape index (κ1) is 10.5. The number of aryl methyl sites for hydroxylation is 1. The van der Waals surface area contributed by atoms with Crippen LogP contribution in [0.25, 0.3) is 0 Å². The van der Waals surface area contributed by atoms with Crippen LogP contribution >= 0.6 is 0 Å². The van der Waals surface area contributed by atoms with Crippen LogP contribution < -0.4 is 4.90 Å². The maximum Gasteiger partial charge on any atom is 0.258 e. The van der Waals surface area contributed by atoms with E-state index in [4.69, 9.17) is 4.42 Å². The molecule has 0 saturated carbocycles. The fourth-order valence-electron chi connectivity index (χ4n) is 1.54. The van der Waals surface area contributed by atoms with Crippen molar-refractivity contribution in [2.75, 3.05) is 11.9 Å². The van der Waals surface area contributed by atoms with Gasteiger partial charge < -0.3 is 9.32 Å². The Kier molecular flexibility index (Phi) is 2.77. The van der Waals surface area contributed by atoms with Crippen molar-refractivity contribution < 1.29 is 9.21 Å². The maximum absolute atomic E-state index is 12.1. The van der Waals surface area contributed by atoms with Gasteiger partial charge in [-0.05, 0) is 19.1 Å². The number of carbonyl (C=O) groups is 1. The Labute approximate surface area is 94.3 Å². The van der Waals surface area contributed by atoms with E-state index < -0.39 is 0 Å². The summed E-state index contributed by atoms with van der Waals surface area (Å²) in [5.41, 5.74) is 2.52. The number of hydrogen-bond acceptors (Lipinski definition) is 2. The largest absolute Gasteiger partial charge is 0.470 e. The van der Waals surface area contributed by atoms with Crippen LogP contribution in [-0.4, -0.2) is 13.0 Å². The van der Waals surface area contributed by atoms with Gasteiger partial charge in [-0.2, -0.15) is 0 Å². The molecule has 0 aliphatic heterocycles. The maximum atomic E-state index is 12.1. The van der Waals surface area contributed by atoms with Crippen molar-refractivity contribution in [1.29, 1.82) is 0 Å². The van der Waals surface area contributed by atoms with Crippen molar-refractivity contribution in [2.24, 2.45) is 0 Å². The third kappa shape index (κ3) is 1.98. The van der Waals surface area contributed by atoms with Crippen molar-refractivity contribution in [1.82, 2.24) is 0 Å². The summed E-state index contributed by atoms with van der Waals surface area (Å²) < 4.78 is 4.95. The van der Waals surface area contributed by atoms with E-state index in [1.54, 1.807) is 30.5 Å². The highest BCUT2D eigenvalue weighted by Gasteiger charge is 2.13. The monoisotopic (exact) mass is 215 g/mol. The Hall–Kier alpha value is -2.03. The highest BCUT2D eigenvalue weighted by atomic mass is 16.3. The molecule has 1 aromatic heterocycles. The molecule has 16 heavy (non-hydrogen) atoms. The molecule has 1 aromatic carbocycles. The number of furan rings is 1. The van der Waals surface area contributed by atoms with Gasteiger partial charge in [0.1, 0.15) is 6.26 Å². The van der Waals surface area contributed by atoms with Gasteiger partial charge in [0, 0.05) is 18.7 Å². The second-order valence-corrected chi connectivity index (χ2v) is 3.72. The zero-order chi connectivity index (χ0) is 11.5. The van der Waals surface area contributed by atoms with Crippen LogP contribution in [-0.2, 0) is 0 Å². The standard InChI is InChI=1S/C13H13NO2/c1-10-4-3-5-11(8-10)13(15)14(2)12-6-7-16-9-12/h3-9H,1-2H3. The minimum Gasteiger partial charge on any atom is -0.470 e. The molecule has 2 rings (SSSR count). The van der Waals surface area contributed by atoms with Crippen molar-refractivity contribution >= 4 is 11.6 Å². The van der Waals surface area contributed by atoms with Crippen LogP contribution in [0, 0.1) is 6.92 Å². The van der Waals surface area contributed by atoms with E-state index in [-0.39, 0.29) is 5.91 Å². The van der Waals surface area contributed by atoms with Gasteiger partial charge in [0.2, 0.25) is 0 Å². The van der Waals surface area contributed by atoms with E-state index in [9.17, 15) is 4.79 Å². The van der Waals surface area contributed by atoms with Gasteiger partial charge in [-0.15, -0.1) is 0 Å². The Balaban J connectivity index is 2.26. The van der Waals surface area contributed by atoms with Gasteiger partial charge in [0.25, 0.3) is 5.91 Å². The Morgan fingerprint density at radius 3 is 2.75 bits per heavy atom. The average molecular weight is 215 g/mol. The lowest BCUT2D eigenvalue weighted by atomic mass is 10.1. The molecule has 3 nitrogen and oxygen atoms in total. The second kappa shape index (κ2) is 4.23. The second-order valence-electron chi connectivity index (χ2n) is 3.72. The smallest absolute Gasteiger partial charge is 0.258 e. The number of benzene rings is 1. The normalized spacial score (nSPS) is 10.1. The van der Waals surface area contributed by atoms with E-state index in [2.05, 4.69) is 0 Å². The molecule has 0 N–H and O–H groups in total. The van der Waals surface area contributed by atoms with Gasteiger partial charge in [-0.1, -0.05) is 17.7 Å². The van der Waals surface area contributed by atoms with Gasteiger partial charge in [0.05, 0.1) is 12.0 Å².